The van der Waals surface area contributed by atoms with Gasteiger partial charge in [0.15, 0.2) is 0 Å². The summed E-state index contributed by atoms with van der Waals surface area (Å²) in [5, 5.41) is 10.5. The van der Waals surface area contributed by atoms with Crippen LogP contribution in [0.5, 0.6) is 0 Å². The molecule has 0 atom stereocenters. The summed E-state index contributed by atoms with van der Waals surface area (Å²) in [4.78, 5) is 0. The van der Waals surface area contributed by atoms with Crippen molar-refractivity contribution in [2.24, 2.45) is 0 Å². The molecule has 74 valence electrons. The molecule has 0 fully saturated rings. The van der Waals surface area contributed by atoms with Crippen LogP contribution in [0.1, 0.15) is 44.9 Å². The molecule has 0 aliphatic rings. The van der Waals surface area contributed by atoms with Crippen LogP contribution < -0.4 is 5.32 Å². The van der Waals surface area contributed by atoms with Gasteiger partial charge >= 0.3 is 0 Å². The summed E-state index contributed by atoms with van der Waals surface area (Å²) < 4.78 is 0. The van der Waals surface area contributed by atoms with E-state index in [0.29, 0.717) is 12.0 Å². The van der Waals surface area contributed by atoms with E-state index in [2.05, 4.69) is 43.2 Å². The van der Waals surface area contributed by atoms with E-state index in [1.54, 1.807) is 0 Å². The summed E-state index contributed by atoms with van der Waals surface area (Å²) in [5.74, 6) is 0.520. The predicted molar refractivity (Wildman–Crippen MR) is 54.7 cm³/mol. The summed E-state index contributed by atoms with van der Waals surface area (Å²) in [5.41, 5.74) is 2.52. The number of rotatable bonds is 4. The van der Waals surface area contributed by atoms with E-state index in [1.165, 1.54) is 11.3 Å². The number of H-pyrrole nitrogens is 1. The largest absolute Gasteiger partial charge is 0.310 e. The quantitative estimate of drug-likeness (QED) is 0.746. The minimum atomic E-state index is 0.520. The van der Waals surface area contributed by atoms with E-state index in [-0.39, 0.29) is 0 Å². The highest BCUT2D eigenvalue weighted by Gasteiger charge is 2.08. The lowest BCUT2D eigenvalue weighted by Gasteiger charge is -2.09. The molecule has 0 aromatic carbocycles. The number of nitrogens with one attached hydrogen (secondary N) is 2. The fourth-order valence-electron chi connectivity index (χ4n) is 1.28. The molecule has 0 radical (unpaired) electrons. The maximum absolute atomic E-state index is 4.06. The van der Waals surface area contributed by atoms with Crippen LogP contribution in [-0.2, 0) is 6.54 Å². The SMILES string of the molecule is CC(C)NCc1cn[nH]c1C(C)C. The molecule has 0 spiro atoms. The van der Waals surface area contributed by atoms with Crippen LogP contribution in [-0.4, -0.2) is 16.2 Å². The van der Waals surface area contributed by atoms with E-state index in [0.717, 1.165) is 6.54 Å². The van der Waals surface area contributed by atoms with Crippen molar-refractivity contribution in [2.75, 3.05) is 0 Å². The Balaban J connectivity index is 2.60. The molecule has 3 heteroatoms. The minimum Gasteiger partial charge on any atom is -0.310 e. The smallest absolute Gasteiger partial charge is 0.0535 e. The zero-order chi connectivity index (χ0) is 9.84. The Bertz CT molecular complexity index is 250. The van der Waals surface area contributed by atoms with Crippen LogP contribution in [0.4, 0.5) is 0 Å². The Hall–Kier alpha value is -0.830. The summed E-state index contributed by atoms with van der Waals surface area (Å²) in [6.45, 7) is 9.55. The second kappa shape index (κ2) is 4.42. The molecule has 1 aromatic rings. The van der Waals surface area contributed by atoms with Gasteiger partial charge in [-0.25, -0.2) is 0 Å². The first-order chi connectivity index (χ1) is 6.11. The Kier molecular flexibility index (Phi) is 3.48. The fraction of sp³-hybridized carbons (Fsp3) is 0.700. The van der Waals surface area contributed by atoms with Gasteiger partial charge in [-0.3, -0.25) is 5.10 Å². The molecule has 0 aliphatic carbocycles. The van der Waals surface area contributed by atoms with Gasteiger partial charge in [-0.05, 0) is 5.92 Å². The minimum absolute atomic E-state index is 0.520. The number of aromatic nitrogens is 2. The number of nitrogens with zero attached hydrogens (tertiary/aromatic N) is 1. The van der Waals surface area contributed by atoms with Crippen LogP contribution in [0, 0.1) is 0 Å². The Labute approximate surface area is 79.9 Å². The fourth-order valence-corrected chi connectivity index (χ4v) is 1.28. The van der Waals surface area contributed by atoms with Gasteiger partial charge in [-0.2, -0.15) is 5.10 Å². The standard InChI is InChI=1S/C10H19N3/c1-7(2)10-9(6-12-13-10)5-11-8(3)4/h6-8,11H,5H2,1-4H3,(H,12,13). The van der Waals surface area contributed by atoms with Crippen LogP contribution in [0.3, 0.4) is 0 Å². The van der Waals surface area contributed by atoms with Gasteiger partial charge in [0.2, 0.25) is 0 Å². The monoisotopic (exact) mass is 181 g/mol. The Morgan fingerprint density at radius 3 is 2.62 bits per heavy atom. The third-order valence-electron chi connectivity index (χ3n) is 2.03. The summed E-state index contributed by atoms with van der Waals surface area (Å²) in [6.07, 6.45) is 1.91. The van der Waals surface area contributed by atoms with Gasteiger partial charge in [0.25, 0.3) is 0 Å². The third kappa shape index (κ3) is 2.84. The third-order valence-corrected chi connectivity index (χ3v) is 2.03. The van der Waals surface area contributed by atoms with E-state index in [9.17, 15) is 0 Å². The summed E-state index contributed by atoms with van der Waals surface area (Å²) >= 11 is 0. The molecule has 1 aromatic heterocycles. The van der Waals surface area contributed by atoms with E-state index < -0.39 is 0 Å². The van der Waals surface area contributed by atoms with E-state index in [1.807, 2.05) is 6.20 Å². The molecule has 0 amide bonds. The lowest BCUT2D eigenvalue weighted by Crippen LogP contribution is -2.22. The van der Waals surface area contributed by atoms with Crippen molar-refractivity contribution in [3.8, 4) is 0 Å². The normalized spacial score (nSPS) is 11.5. The van der Waals surface area contributed by atoms with Gasteiger partial charge in [0.1, 0.15) is 0 Å². The maximum Gasteiger partial charge on any atom is 0.0535 e. The molecule has 0 bridgehead atoms. The Morgan fingerprint density at radius 2 is 2.08 bits per heavy atom. The molecular formula is C10H19N3. The average Bonchev–Trinajstić information content (AvgIpc) is 2.47. The second-order valence-electron chi connectivity index (χ2n) is 4.00. The summed E-state index contributed by atoms with van der Waals surface area (Å²) in [7, 11) is 0. The lowest BCUT2D eigenvalue weighted by atomic mass is 10.1. The number of aromatic amines is 1. The van der Waals surface area contributed by atoms with Gasteiger partial charge < -0.3 is 5.32 Å². The zero-order valence-corrected chi connectivity index (χ0v) is 8.89. The van der Waals surface area contributed by atoms with Crippen molar-refractivity contribution >= 4 is 0 Å². The Morgan fingerprint density at radius 1 is 1.38 bits per heavy atom. The molecule has 0 unspecified atom stereocenters. The highest BCUT2D eigenvalue weighted by atomic mass is 15.1. The molecule has 2 N–H and O–H groups in total. The number of hydrogen-bond donors (Lipinski definition) is 2. The van der Waals surface area contributed by atoms with Crippen molar-refractivity contribution in [1.82, 2.24) is 15.5 Å². The molecule has 3 nitrogen and oxygen atoms in total. The first-order valence-electron chi connectivity index (χ1n) is 4.86. The molecule has 1 heterocycles. The lowest BCUT2D eigenvalue weighted by molar-refractivity contribution is 0.584. The van der Waals surface area contributed by atoms with Crippen LogP contribution in [0.15, 0.2) is 6.20 Å². The highest BCUT2D eigenvalue weighted by molar-refractivity contribution is 5.19. The first-order valence-corrected chi connectivity index (χ1v) is 4.86. The molecule has 1 rings (SSSR count). The van der Waals surface area contributed by atoms with Crippen molar-refractivity contribution in [2.45, 2.75) is 46.2 Å². The molecule has 0 saturated heterocycles. The molecular weight excluding hydrogens is 162 g/mol. The molecule has 0 aliphatic heterocycles. The van der Waals surface area contributed by atoms with Crippen LogP contribution >= 0.6 is 0 Å². The zero-order valence-electron chi connectivity index (χ0n) is 8.89. The summed E-state index contributed by atoms with van der Waals surface area (Å²) in [6, 6.07) is 0.523. The maximum atomic E-state index is 4.06. The van der Waals surface area contributed by atoms with Crippen molar-refractivity contribution < 1.29 is 0 Å². The average molecular weight is 181 g/mol. The highest BCUT2D eigenvalue weighted by Crippen LogP contribution is 2.15. The van der Waals surface area contributed by atoms with Gasteiger partial charge in [-0.1, -0.05) is 27.7 Å². The van der Waals surface area contributed by atoms with Crippen molar-refractivity contribution in [3.63, 3.8) is 0 Å². The van der Waals surface area contributed by atoms with Gasteiger partial charge in [0, 0.05) is 23.8 Å². The van der Waals surface area contributed by atoms with E-state index in [4.69, 9.17) is 0 Å². The van der Waals surface area contributed by atoms with Crippen LogP contribution in [0.2, 0.25) is 0 Å². The predicted octanol–water partition coefficient (Wildman–Crippen LogP) is 2.03. The number of hydrogen-bond acceptors (Lipinski definition) is 2. The van der Waals surface area contributed by atoms with Crippen molar-refractivity contribution in [1.29, 1.82) is 0 Å². The van der Waals surface area contributed by atoms with Crippen molar-refractivity contribution in [3.05, 3.63) is 17.5 Å². The second-order valence-corrected chi connectivity index (χ2v) is 4.00. The van der Waals surface area contributed by atoms with E-state index >= 15 is 0 Å². The topological polar surface area (TPSA) is 40.7 Å². The van der Waals surface area contributed by atoms with Crippen LogP contribution in [0.25, 0.3) is 0 Å². The first kappa shape index (κ1) is 10.3. The van der Waals surface area contributed by atoms with Gasteiger partial charge in [-0.15, -0.1) is 0 Å². The van der Waals surface area contributed by atoms with Gasteiger partial charge in [0.05, 0.1) is 6.20 Å². The molecule has 13 heavy (non-hydrogen) atoms. The molecule has 0 saturated carbocycles.